The quantitative estimate of drug-likeness (QED) is 0.791. The van der Waals surface area contributed by atoms with Crippen LogP contribution in [-0.2, 0) is 5.41 Å². The maximum atomic E-state index is 4.66. The Bertz CT molecular complexity index is 708. The van der Waals surface area contributed by atoms with Crippen LogP contribution in [0.15, 0.2) is 41.2 Å². The summed E-state index contributed by atoms with van der Waals surface area (Å²) in [6, 6.07) is 8.90. The molecule has 3 heterocycles. The lowest BCUT2D eigenvalue weighted by Gasteiger charge is -2.43. The molecule has 4 atom stereocenters. The van der Waals surface area contributed by atoms with Gasteiger partial charge in [0.05, 0.1) is 18.2 Å². The molecule has 0 radical (unpaired) electrons. The number of anilines is 1. The molecule has 1 saturated carbocycles. The minimum Gasteiger partial charge on any atom is -0.351 e. The van der Waals surface area contributed by atoms with Crippen LogP contribution in [0.4, 0.5) is 5.69 Å². The van der Waals surface area contributed by atoms with Gasteiger partial charge < -0.3 is 10.2 Å². The molecule has 4 aliphatic rings. The fourth-order valence-corrected chi connectivity index (χ4v) is 4.98. The fraction of sp³-hybridized carbons (Fsp3) is 0.471. The van der Waals surface area contributed by atoms with E-state index < -0.39 is 0 Å². The van der Waals surface area contributed by atoms with Crippen molar-refractivity contribution in [3.63, 3.8) is 0 Å². The van der Waals surface area contributed by atoms with Gasteiger partial charge in [-0.3, -0.25) is 4.90 Å². The highest BCUT2D eigenvalue weighted by Gasteiger charge is 2.73. The van der Waals surface area contributed by atoms with Crippen molar-refractivity contribution in [2.24, 2.45) is 10.4 Å². The first-order valence-electron chi connectivity index (χ1n) is 7.66. The Hall–Kier alpha value is -1.81. The number of rotatable bonds is 0. The number of hydrogen-bond donors (Lipinski definition) is 1. The van der Waals surface area contributed by atoms with Crippen molar-refractivity contribution in [2.75, 3.05) is 11.9 Å². The molecule has 0 amide bonds. The second kappa shape index (κ2) is 3.33. The lowest BCUT2D eigenvalue weighted by molar-refractivity contribution is 0.165. The van der Waals surface area contributed by atoms with Crippen molar-refractivity contribution in [1.29, 1.82) is 0 Å². The zero-order chi connectivity index (χ0) is 14.4. The summed E-state index contributed by atoms with van der Waals surface area (Å²) in [6.07, 6.45) is 5.71. The SMILES string of the molecule is CN1C2N=CNC=C2N2c3ccccc3C3(C)CC3(C)C21. The minimum absolute atomic E-state index is 0.143. The van der Waals surface area contributed by atoms with Gasteiger partial charge >= 0.3 is 0 Å². The number of para-hydroxylation sites is 1. The van der Waals surface area contributed by atoms with E-state index in [1.807, 2.05) is 6.34 Å². The molecule has 3 aliphatic heterocycles. The van der Waals surface area contributed by atoms with E-state index in [4.69, 9.17) is 0 Å². The lowest BCUT2D eigenvalue weighted by Crippen LogP contribution is -2.49. The Kier molecular flexibility index (Phi) is 1.87. The third kappa shape index (κ3) is 1.12. The molecule has 5 rings (SSSR count). The summed E-state index contributed by atoms with van der Waals surface area (Å²) in [4.78, 5) is 9.60. The van der Waals surface area contributed by atoms with Gasteiger partial charge in [0.1, 0.15) is 6.17 Å². The Morgan fingerprint density at radius 3 is 2.95 bits per heavy atom. The number of nitrogens with one attached hydrogen (secondary N) is 1. The van der Waals surface area contributed by atoms with Gasteiger partial charge in [-0.25, -0.2) is 4.99 Å². The Labute approximate surface area is 125 Å². The molecule has 108 valence electrons. The molecule has 1 aromatic carbocycles. The molecule has 0 aromatic heterocycles. The van der Waals surface area contributed by atoms with Crippen molar-refractivity contribution in [3.8, 4) is 0 Å². The largest absolute Gasteiger partial charge is 0.351 e. The molecule has 4 heteroatoms. The third-order valence-electron chi connectivity index (χ3n) is 6.26. The first kappa shape index (κ1) is 11.8. The summed E-state index contributed by atoms with van der Waals surface area (Å²) in [5.74, 6) is 0. The Morgan fingerprint density at radius 1 is 1.29 bits per heavy atom. The monoisotopic (exact) mass is 280 g/mol. The van der Waals surface area contributed by atoms with Crippen LogP contribution in [0, 0.1) is 5.41 Å². The van der Waals surface area contributed by atoms with Gasteiger partial charge in [-0.2, -0.15) is 0 Å². The molecule has 2 fully saturated rings. The van der Waals surface area contributed by atoms with Gasteiger partial charge in [0.25, 0.3) is 0 Å². The maximum Gasteiger partial charge on any atom is 0.147 e. The van der Waals surface area contributed by atoms with Crippen molar-refractivity contribution in [3.05, 3.63) is 41.7 Å². The second-order valence-electron chi connectivity index (χ2n) is 7.24. The van der Waals surface area contributed by atoms with Crippen LogP contribution in [0.2, 0.25) is 0 Å². The number of likely N-dealkylation sites (N-methyl/N-ethyl adjacent to an activating group) is 1. The van der Waals surface area contributed by atoms with Crippen LogP contribution in [0.1, 0.15) is 25.8 Å². The van der Waals surface area contributed by atoms with Gasteiger partial charge in [0, 0.05) is 22.7 Å². The van der Waals surface area contributed by atoms with Gasteiger partial charge in [-0.1, -0.05) is 32.0 Å². The van der Waals surface area contributed by atoms with Crippen LogP contribution in [-0.4, -0.2) is 30.6 Å². The molecule has 1 N–H and O–H groups in total. The zero-order valence-corrected chi connectivity index (χ0v) is 12.7. The highest BCUT2D eigenvalue weighted by molar-refractivity contribution is 5.72. The van der Waals surface area contributed by atoms with Crippen LogP contribution in [0.25, 0.3) is 0 Å². The van der Waals surface area contributed by atoms with E-state index in [1.165, 1.54) is 23.4 Å². The molecule has 1 aromatic rings. The van der Waals surface area contributed by atoms with Gasteiger partial charge in [-0.15, -0.1) is 0 Å². The molecule has 4 unspecified atom stereocenters. The zero-order valence-electron chi connectivity index (χ0n) is 12.7. The molecular weight excluding hydrogens is 260 g/mol. The smallest absolute Gasteiger partial charge is 0.147 e. The highest BCUT2D eigenvalue weighted by Crippen LogP contribution is 2.73. The van der Waals surface area contributed by atoms with E-state index in [2.05, 4.69) is 71.5 Å². The van der Waals surface area contributed by atoms with Crippen molar-refractivity contribution in [1.82, 2.24) is 10.2 Å². The Balaban J connectivity index is 1.78. The standard InChI is InChI=1S/C17H20N4/c1-16-9-17(16,2)15-20(3)14-13(8-18-10-19-14)21(15)12-7-5-4-6-11(12)16/h4-8,10,14-15H,9H2,1-3H3,(H,18,19). The first-order chi connectivity index (χ1) is 10.1. The first-order valence-corrected chi connectivity index (χ1v) is 7.66. The van der Waals surface area contributed by atoms with Gasteiger partial charge in [0.15, 0.2) is 0 Å². The molecular formula is C17H20N4. The molecule has 0 spiro atoms. The average molecular weight is 280 g/mol. The van der Waals surface area contributed by atoms with E-state index in [-0.39, 0.29) is 6.17 Å². The average Bonchev–Trinajstić information content (AvgIpc) is 2.95. The number of fused-ring (bicyclic) bond motifs is 8. The van der Waals surface area contributed by atoms with E-state index in [0.29, 0.717) is 17.0 Å². The van der Waals surface area contributed by atoms with E-state index >= 15 is 0 Å². The summed E-state index contributed by atoms with van der Waals surface area (Å²) in [5.41, 5.74) is 4.72. The van der Waals surface area contributed by atoms with Crippen LogP contribution >= 0.6 is 0 Å². The van der Waals surface area contributed by atoms with Gasteiger partial charge in [-0.05, 0) is 25.1 Å². The predicted molar refractivity (Wildman–Crippen MR) is 84.0 cm³/mol. The highest BCUT2D eigenvalue weighted by atomic mass is 15.5. The summed E-state index contributed by atoms with van der Waals surface area (Å²) < 4.78 is 0. The Morgan fingerprint density at radius 2 is 2.10 bits per heavy atom. The predicted octanol–water partition coefficient (Wildman–Crippen LogP) is 2.24. The summed E-state index contributed by atoms with van der Waals surface area (Å²) >= 11 is 0. The topological polar surface area (TPSA) is 30.9 Å². The maximum absolute atomic E-state index is 4.66. The number of benzene rings is 1. The number of hydrogen-bond acceptors (Lipinski definition) is 4. The summed E-state index contributed by atoms with van der Waals surface area (Å²) in [5, 5.41) is 3.17. The number of aliphatic imine (C=N–C) groups is 1. The van der Waals surface area contributed by atoms with Crippen LogP contribution in [0.3, 0.4) is 0 Å². The molecule has 1 saturated heterocycles. The van der Waals surface area contributed by atoms with Crippen molar-refractivity contribution >= 4 is 12.0 Å². The molecule has 21 heavy (non-hydrogen) atoms. The molecule has 1 aliphatic carbocycles. The molecule has 4 nitrogen and oxygen atoms in total. The fourth-order valence-electron chi connectivity index (χ4n) is 4.98. The lowest BCUT2D eigenvalue weighted by atomic mass is 9.81. The van der Waals surface area contributed by atoms with E-state index in [9.17, 15) is 0 Å². The summed E-state index contributed by atoms with van der Waals surface area (Å²) in [7, 11) is 2.21. The van der Waals surface area contributed by atoms with Crippen molar-refractivity contribution < 1.29 is 0 Å². The normalized spacial score (nSPS) is 42.4. The summed E-state index contributed by atoms with van der Waals surface area (Å²) in [6.45, 7) is 4.86. The number of nitrogens with zero attached hydrogens (tertiary/aromatic N) is 3. The van der Waals surface area contributed by atoms with Crippen LogP contribution in [0.5, 0.6) is 0 Å². The molecule has 0 bridgehead atoms. The van der Waals surface area contributed by atoms with E-state index in [1.54, 1.807) is 0 Å². The van der Waals surface area contributed by atoms with Crippen LogP contribution < -0.4 is 10.2 Å². The van der Waals surface area contributed by atoms with Gasteiger partial charge in [0.2, 0.25) is 0 Å². The third-order valence-corrected chi connectivity index (χ3v) is 6.26. The minimum atomic E-state index is 0.143. The second-order valence-corrected chi connectivity index (χ2v) is 7.24. The van der Waals surface area contributed by atoms with Crippen molar-refractivity contribution in [2.45, 2.75) is 38.0 Å². The van der Waals surface area contributed by atoms with E-state index in [0.717, 1.165) is 0 Å².